The third kappa shape index (κ3) is 3.30. The molecule has 3 heteroatoms. The number of ether oxygens (including phenoxy) is 1. The molecule has 0 atom stereocenters. The van der Waals surface area contributed by atoms with E-state index in [1.54, 1.807) is 24.3 Å². The van der Waals surface area contributed by atoms with Crippen LogP contribution in [0.1, 0.15) is 6.42 Å². The van der Waals surface area contributed by atoms with Gasteiger partial charge in [-0.05, 0) is 30.7 Å². The van der Waals surface area contributed by atoms with Gasteiger partial charge in [0.15, 0.2) is 0 Å². The Morgan fingerprint density at radius 3 is 2.50 bits per heavy atom. The summed E-state index contributed by atoms with van der Waals surface area (Å²) in [4.78, 5) is 0. The van der Waals surface area contributed by atoms with Crippen molar-refractivity contribution in [2.24, 2.45) is 0 Å². The molecule has 0 saturated carbocycles. The van der Waals surface area contributed by atoms with E-state index in [4.69, 9.17) is 9.84 Å². The molecule has 0 aliphatic rings. The summed E-state index contributed by atoms with van der Waals surface area (Å²) in [5, 5.41) is 8.97. The van der Waals surface area contributed by atoms with E-state index in [0.29, 0.717) is 0 Å². The maximum absolute atomic E-state index is 8.97. The summed E-state index contributed by atoms with van der Waals surface area (Å²) in [6.45, 7) is 0.744. The number of hydrogen-bond donors (Lipinski definition) is 1. The first-order chi connectivity index (χ1) is 5.83. The molecule has 0 aromatic heterocycles. The Labute approximate surface area is 85.7 Å². The van der Waals surface area contributed by atoms with E-state index in [9.17, 15) is 0 Å². The zero-order chi connectivity index (χ0) is 8.81. The molecule has 1 rings (SSSR count). The maximum Gasteiger partial charge on any atom is 0.119 e. The standard InChI is InChI=1S/C9H11IO2/c10-6-1-7-12-9-4-2-8(11)3-5-9/h2-5,11H,1,6-7H2. The molecule has 1 aromatic carbocycles. The van der Waals surface area contributed by atoms with Crippen molar-refractivity contribution in [3.63, 3.8) is 0 Å². The number of phenols is 1. The molecule has 0 aliphatic carbocycles. The third-order valence-electron chi connectivity index (χ3n) is 1.38. The SMILES string of the molecule is Oc1ccc(OCCCI)cc1. The number of alkyl halides is 1. The van der Waals surface area contributed by atoms with Crippen LogP contribution in [0, 0.1) is 0 Å². The van der Waals surface area contributed by atoms with Crippen molar-refractivity contribution in [1.29, 1.82) is 0 Å². The number of aromatic hydroxyl groups is 1. The molecule has 66 valence electrons. The van der Waals surface area contributed by atoms with Crippen molar-refractivity contribution in [2.45, 2.75) is 6.42 Å². The van der Waals surface area contributed by atoms with Crippen LogP contribution in [-0.2, 0) is 0 Å². The molecule has 0 radical (unpaired) electrons. The smallest absolute Gasteiger partial charge is 0.119 e. The molecule has 0 fully saturated rings. The molecule has 0 bridgehead atoms. The van der Waals surface area contributed by atoms with Gasteiger partial charge in [0.25, 0.3) is 0 Å². The molecule has 0 aliphatic heterocycles. The van der Waals surface area contributed by atoms with E-state index >= 15 is 0 Å². The highest BCUT2D eigenvalue weighted by molar-refractivity contribution is 14.1. The highest BCUT2D eigenvalue weighted by atomic mass is 127. The Bertz CT molecular complexity index is 220. The van der Waals surface area contributed by atoms with Gasteiger partial charge in [-0.1, -0.05) is 22.6 Å². The van der Waals surface area contributed by atoms with E-state index in [2.05, 4.69) is 22.6 Å². The van der Waals surface area contributed by atoms with Crippen molar-refractivity contribution in [3.05, 3.63) is 24.3 Å². The molecule has 2 nitrogen and oxygen atoms in total. The Hall–Kier alpha value is -0.450. The molecular weight excluding hydrogens is 267 g/mol. The molecule has 12 heavy (non-hydrogen) atoms. The van der Waals surface area contributed by atoms with E-state index in [1.807, 2.05) is 0 Å². The van der Waals surface area contributed by atoms with Crippen molar-refractivity contribution in [3.8, 4) is 11.5 Å². The summed E-state index contributed by atoms with van der Waals surface area (Å²) >= 11 is 2.32. The lowest BCUT2D eigenvalue weighted by Crippen LogP contribution is -1.96. The van der Waals surface area contributed by atoms with Crippen LogP contribution in [0.3, 0.4) is 0 Å². The molecule has 0 spiro atoms. The summed E-state index contributed by atoms with van der Waals surface area (Å²) < 4.78 is 6.49. The second kappa shape index (κ2) is 5.24. The summed E-state index contributed by atoms with van der Waals surface area (Å²) in [6, 6.07) is 6.78. The van der Waals surface area contributed by atoms with E-state index in [1.165, 1.54) is 0 Å². The van der Waals surface area contributed by atoms with Crippen LogP contribution >= 0.6 is 22.6 Å². The van der Waals surface area contributed by atoms with Gasteiger partial charge in [-0.3, -0.25) is 0 Å². The van der Waals surface area contributed by atoms with Crippen LogP contribution < -0.4 is 4.74 Å². The molecule has 0 unspecified atom stereocenters. The van der Waals surface area contributed by atoms with Gasteiger partial charge in [-0.15, -0.1) is 0 Å². The topological polar surface area (TPSA) is 29.5 Å². The lowest BCUT2D eigenvalue weighted by Gasteiger charge is -2.03. The van der Waals surface area contributed by atoms with Crippen LogP contribution in [0.5, 0.6) is 11.5 Å². The Morgan fingerprint density at radius 1 is 1.25 bits per heavy atom. The van der Waals surface area contributed by atoms with Gasteiger partial charge in [-0.25, -0.2) is 0 Å². The van der Waals surface area contributed by atoms with E-state index in [-0.39, 0.29) is 5.75 Å². The molecule has 1 aromatic rings. The second-order valence-electron chi connectivity index (χ2n) is 2.38. The van der Waals surface area contributed by atoms with Crippen LogP contribution in [0.2, 0.25) is 0 Å². The minimum Gasteiger partial charge on any atom is -0.508 e. The van der Waals surface area contributed by atoms with Crippen molar-refractivity contribution >= 4 is 22.6 Å². The summed E-state index contributed by atoms with van der Waals surface area (Å²) in [7, 11) is 0. The summed E-state index contributed by atoms with van der Waals surface area (Å²) in [5.74, 6) is 1.09. The highest BCUT2D eigenvalue weighted by Gasteiger charge is 1.92. The number of phenolic OH excluding ortho intramolecular Hbond substituents is 1. The minimum atomic E-state index is 0.274. The average molecular weight is 278 g/mol. The third-order valence-corrected chi connectivity index (χ3v) is 2.15. The Balaban J connectivity index is 2.37. The fourth-order valence-electron chi connectivity index (χ4n) is 0.787. The first kappa shape index (κ1) is 9.64. The fraction of sp³-hybridized carbons (Fsp3) is 0.333. The molecule has 0 heterocycles. The van der Waals surface area contributed by atoms with Crippen molar-refractivity contribution < 1.29 is 9.84 Å². The van der Waals surface area contributed by atoms with Crippen LogP contribution in [0.25, 0.3) is 0 Å². The number of halogens is 1. The largest absolute Gasteiger partial charge is 0.508 e. The first-order valence-electron chi connectivity index (χ1n) is 3.81. The minimum absolute atomic E-state index is 0.274. The van der Waals surface area contributed by atoms with Gasteiger partial charge in [0, 0.05) is 4.43 Å². The molecule has 0 saturated heterocycles. The fourth-order valence-corrected chi connectivity index (χ4v) is 1.10. The number of rotatable bonds is 4. The maximum atomic E-state index is 8.97. The molecule has 0 amide bonds. The summed E-state index contributed by atoms with van der Waals surface area (Å²) in [5.41, 5.74) is 0. The van der Waals surface area contributed by atoms with Crippen LogP contribution in [0.4, 0.5) is 0 Å². The van der Waals surface area contributed by atoms with Gasteiger partial charge in [0.1, 0.15) is 11.5 Å². The van der Waals surface area contributed by atoms with Gasteiger partial charge >= 0.3 is 0 Å². The lowest BCUT2D eigenvalue weighted by atomic mass is 10.3. The quantitative estimate of drug-likeness (QED) is 0.521. The monoisotopic (exact) mass is 278 g/mol. The van der Waals surface area contributed by atoms with Gasteiger partial charge in [0.2, 0.25) is 0 Å². The van der Waals surface area contributed by atoms with Crippen molar-refractivity contribution in [2.75, 3.05) is 11.0 Å². The van der Waals surface area contributed by atoms with E-state index < -0.39 is 0 Å². The summed E-state index contributed by atoms with van der Waals surface area (Å²) in [6.07, 6.45) is 1.06. The predicted molar refractivity (Wildman–Crippen MR) is 57.1 cm³/mol. The second-order valence-corrected chi connectivity index (χ2v) is 3.46. The zero-order valence-corrected chi connectivity index (χ0v) is 8.82. The van der Waals surface area contributed by atoms with Crippen LogP contribution in [0.15, 0.2) is 24.3 Å². The molecule has 1 N–H and O–H groups in total. The normalized spacial score (nSPS) is 9.75. The lowest BCUT2D eigenvalue weighted by molar-refractivity contribution is 0.319. The van der Waals surface area contributed by atoms with Gasteiger partial charge in [-0.2, -0.15) is 0 Å². The zero-order valence-electron chi connectivity index (χ0n) is 6.66. The average Bonchev–Trinajstić information content (AvgIpc) is 2.09. The Morgan fingerprint density at radius 2 is 1.92 bits per heavy atom. The highest BCUT2D eigenvalue weighted by Crippen LogP contribution is 2.15. The van der Waals surface area contributed by atoms with E-state index in [0.717, 1.165) is 23.2 Å². The van der Waals surface area contributed by atoms with Gasteiger partial charge in [0.05, 0.1) is 6.61 Å². The predicted octanol–water partition coefficient (Wildman–Crippen LogP) is 2.60. The Kier molecular flexibility index (Phi) is 4.21. The number of hydrogen-bond acceptors (Lipinski definition) is 2. The first-order valence-corrected chi connectivity index (χ1v) is 5.33. The van der Waals surface area contributed by atoms with Crippen LogP contribution in [-0.4, -0.2) is 16.1 Å². The number of benzene rings is 1. The van der Waals surface area contributed by atoms with Crippen molar-refractivity contribution in [1.82, 2.24) is 0 Å². The molecular formula is C9H11IO2. The van der Waals surface area contributed by atoms with Gasteiger partial charge < -0.3 is 9.84 Å².